The third-order valence-corrected chi connectivity index (χ3v) is 5.80. The van der Waals surface area contributed by atoms with Gasteiger partial charge in [0.1, 0.15) is 11.5 Å². The van der Waals surface area contributed by atoms with Crippen LogP contribution in [0.25, 0.3) is 10.4 Å². The normalized spacial score (nSPS) is 19.5. The van der Waals surface area contributed by atoms with Gasteiger partial charge in [-0.05, 0) is 42.9 Å². The fourth-order valence-corrected chi connectivity index (χ4v) is 4.08. The predicted octanol–water partition coefficient (Wildman–Crippen LogP) is 3.69. The molecular weight excluding hydrogens is 410 g/mol. The van der Waals surface area contributed by atoms with E-state index in [2.05, 4.69) is 10.3 Å². The van der Waals surface area contributed by atoms with Gasteiger partial charge in [-0.2, -0.15) is 13.2 Å². The van der Waals surface area contributed by atoms with Crippen molar-refractivity contribution in [3.8, 4) is 10.4 Å². The summed E-state index contributed by atoms with van der Waals surface area (Å²) in [5.74, 6) is -2.89. The molecule has 1 aliphatic rings. The molecule has 29 heavy (non-hydrogen) atoms. The molecule has 1 aromatic heterocycles. The number of aryl methyl sites for hydroxylation is 1. The van der Waals surface area contributed by atoms with Crippen molar-refractivity contribution in [2.75, 3.05) is 6.54 Å². The van der Waals surface area contributed by atoms with E-state index in [0.29, 0.717) is 15.4 Å². The molecule has 1 heterocycles. The Morgan fingerprint density at radius 2 is 2.03 bits per heavy atom. The molecule has 1 aromatic carbocycles. The molecule has 1 fully saturated rings. The molecule has 2 amide bonds. The first-order valence-electron chi connectivity index (χ1n) is 8.95. The number of carbonyl (C=O) groups excluding carboxylic acids is 2. The summed E-state index contributed by atoms with van der Waals surface area (Å²) in [5, 5.41) is 5.13. The van der Waals surface area contributed by atoms with Gasteiger partial charge in [0.2, 0.25) is 0 Å². The summed E-state index contributed by atoms with van der Waals surface area (Å²) >= 11 is 1.22. The lowest BCUT2D eigenvalue weighted by atomic mass is 10.1. The molecule has 2 aromatic rings. The first-order chi connectivity index (χ1) is 13.6. The van der Waals surface area contributed by atoms with Gasteiger partial charge in [-0.1, -0.05) is 19.1 Å². The van der Waals surface area contributed by atoms with E-state index in [-0.39, 0.29) is 24.1 Å². The Kier molecular flexibility index (Phi) is 5.92. The van der Waals surface area contributed by atoms with Crippen LogP contribution in [-0.2, 0) is 4.79 Å². The zero-order chi connectivity index (χ0) is 21.3. The number of carbonyl (C=O) groups is 2. The van der Waals surface area contributed by atoms with Crippen LogP contribution in [0.1, 0.15) is 28.8 Å². The zero-order valence-electron chi connectivity index (χ0n) is 15.6. The summed E-state index contributed by atoms with van der Waals surface area (Å²) in [7, 11) is 0. The number of nitrogens with zero attached hydrogens (tertiary/aromatic N) is 1. The molecule has 0 unspecified atom stereocenters. The monoisotopic (exact) mass is 429 g/mol. The van der Waals surface area contributed by atoms with Crippen molar-refractivity contribution in [3.05, 3.63) is 40.8 Å². The smallest absolute Gasteiger partial charge is 0.346 e. The maximum absolute atomic E-state index is 13.6. The maximum Gasteiger partial charge on any atom is 0.471 e. The predicted molar refractivity (Wildman–Crippen MR) is 99.8 cm³/mol. The van der Waals surface area contributed by atoms with Gasteiger partial charge < -0.3 is 10.6 Å². The number of alkyl halides is 3. The number of aromatic nitrogens is 1. The van der Waals surface area contributed by atoms with Crippen LogP contribution in [0.2, 0.25) is 0 Å². The Hall–Kier alpha value is -2.49. The number of halogens is 4. The summed E-state index contributed by atoms with van der Waals surface area (Å²) in [4.78, 5) is 28.7. The first-order valence-corrected chi connectivity index (χ1v) is 9.77. The average Bonchev–Trinajstić information content (AvgIpc) is 3.22. The van der Waals surface area contributed by atoms with Crippen molar-refractivity contribution in [3.63, 3.8) is 0 Å². The third kappa shape index (κ3) is 5.11. The number of nitrogens with one attached hydrogen (secondary N) is 2. The minimum Gasteiger partial charge on any atom is -0.346 e. The Morgan fingerprint density at radius 3 is 2.62 bits per heavy atom. The van der Waals surface area contributed by atoms with Gasteiger partial charge in [0.05, 0.1) is 9.88 Å². The van der Waals surface area contributed by atoms with Crippen LogP contribution in [0.15, 0.2) is 24.3 Å². The minimum absolute atomic E-state index is 0.0372. The Bertz CT molecular complexity index is 928. The van der Waals surface area contributed by atoms with E-state index in [4.69, 9.17) is 0 Å². The van der Waals surface area contributed by atoms with E-state index in [9.17, 15) is 27.2 Å². The Balaban J connectivity index is 1.78. The Labute approximate surface area is 168 Å². The van der Waals surface area contributed by atoms with Crippen LogP contribution >= 0.6 is 11.3 Å². The fourth-order valence-electron chi connectivity index (χ4n) is 3.17. The van der Waals surface area contributed by atoms with E-state index < -0.39 is 29.8 Å². The van der Waals surface area contributed by atoms with Gasteiger partial charge in [-0.15, -0.1) is 11.3 Å². The van der Waals surface area contributed by atoms with Crippen molar-refractivity contribution < 1.29 is 27.2 Å². The van der Waals surface area contributed by atoms with Crippen molar-refractivity contribution in [1.29, 1.82) is 0 Å². The summed E-state index contributed by atoms with van der Waals surface area (Å²) < 4.78 is 51.0. The highest BCUT2D eigenvalue weighted by atomic mass is 32.1. The zero-order valence-corrected chi connectivity index (χ0v) is 16.5. The summed E-state index contributed by atoms with van der Waals surface area (Å²) in [6.45, 7) is 3.28. The minimum atomic E-state index is -4.99. The second-order valence-electron chi connectivity index (χ2n) is 7.09. The topological polar surface area (TPSA) is 71.1 Å². The van der Waals surface area contributed by atoms with E-state index in [1.165, 1.54) is 29.5 Å². The molecular formula is C19H19F4N3O2S. The maximum atomic E-state index is 13.6. The quantitative estimate of drug-likeness (QED) is 0.688. The second-order valence-corrected chi connectivity index (χ2v) is 8.29. The van der Waals surface area contributed by atoms with Crippen LogP contribution in [0, 0.1) is 24.6 Å². The van der Waals surface area contributed by atoms with Crippen LogP contribution in [0.4, 0.5) is 17.6 Å². The van der Waals surface area contributed by atoms with E-state index >= 15 is 0 Å². The lowest BCUT2D eigenvalue weighted by Gasteiger charge is -2.20. The highest BCUT2D eigenvalue weighted by Crippen LogP contribution is 2.40. The standard InChI is InChI=1S/C19H19F4N3O2S/c1-9-6-13(9)14(8-24-18(28)19(21,22)23)26-17(27)15-16(29-10(2)25-15)11-4-3-5-12(20)7-11/h3-5,7,9,13-14H,6,8H2,1-2H3,(H,24,28)(H,26,27)/t9-,13+,14+/m0/s1. The van der Waals surface area contributed by atoms with Crippen LogP contribution in [-0.4, -0.2) is 35.6 Å². The third-order valence-electron chi connectivity index (χ3n) is 4.78. The lowest BCUT2D eigenvalue weighted by molar-refractivity contribution is -0.173. The van der Waals surface area contributed by atoms with Gasteiger partial charge >= 0.3 is 12.1 Å². The number of thiazole rings is 1. The molecule has 0 radical (unpaired) electrons. The Morgan fingerprint density at radius 1 is 1.34 bits per heavy atom. The lowest BCUT2D eigenvalue weighted by Crippen LogP contribution is -2.48. The first kappa shape index (κ1) is 21.2. The summed E-state index contributed by atoms with van der Waals surface area (Å²) in [6.07, 6.45) is -4.25. The number of amides is 2. The molecule has 1 saturated carbocycles. The second kappa shape index (κ2) is 8.10. The molecule has 0 spiro atoms. The van der Waals surface area contributed by atoms with Gasteiger partial charge in [-0.3, -0.25) is 9.59 Å². The molecule has 3 atom stereocenters. The van der Waals surface area contributed by atoms with Crippen molar-refractivity contribution in [2.24, 2.45) is 11.8 Å². The SMILES string of the molecule is Cc1nc(C(=O)N[C@H](CNC(=O)C(F)(F)F)[C@@H]2C[C@@H]2C)c(-c2cccc(F)c2)s1. The number of hydrogen-bond donors (Lipinski definition) is 2. The fraction of sp³-hybridized carbons (Fsp3) is 0.421. The van der Waals surface area contributed by atoms with Crippen molar-refractivity contribution in [2.45, 2.75) is 32.5 Å². The van der Waals surface area contributed by atoms with Crippen molar-refractivity contribution >= 4 is 23.2 Å². The number of hydrogen-bond acceptors (Lipinski definition) is 4. The van der Waals surface area contributed by atoms with Gasteiger partial charge in [-0.25, -0.2) is 9.37 Å². The molecule has 0 aliphatic heterocycles. The van der Waals surface area contributed by atoms with Crippen molar-refractivity contribution in [1.82, 2.24) is 15.6 Å². The molecule has 1 aliphatic carbocycles. The molecule has 0 bridgehead atoms. The summed E-state index contributed by atoms with van der Waals surface area (Å²) in [6, 6.07) is 5.07. The molecule has 10 heteroatoms. The van der Waals surface area contributed by atoms with Gasteiger partial charge in [0.15, 0.2) is 0 Å². The van der Waals surface area contributed by atoms with Crippen LogP contribution in [0.3, 0.4) is 0 Å². The summed E-state index contributed by atoms with van der Waals surface area (Å²) in [5.41, 5.74) is 0.570. The molecule has 156 valence electrons. The van der Waals surface area contributed by atoms with Gasteiger partial charge in [0.25, 0.3) is 5.91 Å². The van der Waals surface area contributed by atoms with E-state index in [0.717, 1.165) is 6.42 Å². The molecule has 0 saturated heterocycles. The molecule has 5 nitrogen and oxygen atoms in total. The molecule has 2 N–H and O–H groups in total. The van der Waals surface area contributed by atoms with E-state index in [1.54, 1.807) is 13.0 Å². The number of rotatable bonds is 6. The van der Waals surface area contributed by atoms with E-state index in [1.807, 2.05) is 12.2 Å². The van der Waals surface area contributed by atoms with Gasteiger partial charge in [0, 0.05) is 12.6 Å². The largest absolute Gasteiger partial charge is 0.471 e. The highest BCUT2D eigenvalue weighted by molar-refractivity contribution is 7.15. The number of benzene rings is 1. The average molecular weight is 429 g/mol. The van der Waals surface area contributed by atoms with Crippen LogP contribution < -0.4 is 10.6 Å². The molecule has 3 rings (SSSR count). The van der Waals surface area contributed by atoms with Crippen LogP contribution in [0.5, 0.6) is 0 Å². The highest BCUT2D eigenvalue weighted by Gasteiger charge is 2.43.